The topological polar surface area (TPSA) is 62.6 Å². The standard InChI is InChI=1S/C11H17BrN2O4/c1-16-4-5-18-7-6-17-3-2-14-9-13-8-10(12)11(14)15/h8-9H,2-7H2,1H3. The van der Waals surface area contributed by atoms with Crippen LogP contribution in [0.2, 0.25) is 0 Å². The Bertz CT molecular complexity index is 397. The number of rotatable bonds is 9. The van der Waals surface area contributed by atoms with Crippen molar-refractivity contribution in [1.82, 2.24) is 9.55 Å². The van der Waals surface area contributed by atoms with Crippen LogP contribution in [0.1, 0.15) is 0 Å². The maximum atomic E-state index is 11.6. The lowest BCUT2D eigenvalue weighted by Gasteiger charge is -2.07. The molecule has 0 saturated carbocycles. The molecule has 0 saturated heterocycles. The van der Waals surface area contributed by atoms with Crippen molar-refractivity contribution in [1.29, 1.82) is 0 Å². The Morgan fingerprint density at radius 2 is 1.89 bits per heavy atom. The summed E-state index contributed by atoms with van der Waals surface area (Å²) in [6, 6.07) is 0. The van der Waals surface area contributed by atoms with Gasteiger partial charge in [0, 0.05) is 13.3 Å². The van der Waals surface area contributed by atoms with Crippen molar-refractivity contribution in [2.45, 2.75) is 6.54 Å². The molecular weight excluding hydrogens is 304 g/mol. The van der Waals surface area contributed by atoms with Gasteiger partial charge in [0.25, 0.3) is 5.56 Å². The highest BCUT2D eigenvalue weighted by molar-refractivity contribution is 9.10. The normalized spacial score (nSPS) is 10.8. The molecule has 0 unspecified atom stereocenters. The van der Waals surface area contributed by atoms with Gasteiger partial charge in [0.1, 0.15) is 4.47 Å². The molecule has 0 aliphatic rings. The smallest absolute Gasteiger partial charge is 0.267 e. The highest BCUT2D eigenvalue weighted by Crippen LogP contribution is 1.97. The molecule has 0 N–H and O–H groups in total. The van der Waals surface area contributed by atoms with E-state index in [2.05, 4.69) is 20.9 Å². The van der Waals surface area contributed by atoms with Gasteiger partial charge in [-0.2, -0.15) is 0 Å². The fraction of sp³-hybridized carbons (Fsp3) is 0.636. The second kappa shape index (κ2) is 9.21. The number of aromatic nitrogens is 2. The molecule has 1 aromatic heterocycles. The summed E-state index contributed by atoms with van der Waals surface area (Å²) in [6.07, 6.45) is 2.97. The summed E-state index contributed by atoms with van der Waals surface area (Å²) in [5.41, 5.74) is -0.107. The Labute approximate surface area is 114 Å². The molecule has 0 fully saturated rings. The van der Waals surface area contributed by atoms with Crippen LogP contribution in [0.4, 0.5) is 0 Å². The van der Waals surface area contributed by atoms with Crippen molar-refractivity contribution in [2.24, 2.45) is 0 Å². The summed E-state index contributed by atoms with van der Waals surface area (Å²) >= 11 is 3.14. The average Bonchev–Trinajstić information content (AvgIpc) is 2.37. The van der Waals surface area contributed by atoms with E-state index in [-0.39, 0.29) is 5.56 Å². The van der Waals surface area contributed by atoms with Crippen LogP contribution in [0.15, 0.2) is 21.8 Å². The third-order valence-electron chi connectivity index (χ3n) is 2.14. The van der Waals surface area contributed by atoms with E-state index in [0.717, 1.165) is 0 Å². The van der Waals surface area contributed by atoms with Gasteiger partial charge >= 0.3 is 0 Å². The second-order valence-corrected chi connectivity index (χ2v) is 4.31. The lowest BCUT2D eigenvalue weighted by Crippen LogP contribution is -2.23. The lowest BCUT2D eigenvalue weighted by atomic mass is 10.6. The zero-order valence-electron chi connectivity index (χ0n) is 10.3. The maximum absolute atomic E-state index is 11.6. The third kappa shape index (κ3) is 5.72. The molecule has 0 radical (unpaired) electrons. The minimum atomic E-state index is -0.107. The summed E-state index contributed by atoms with van der Waals surface area (Å²) in [7, 11) is 1.63. The molecule has 0 spiro atoms. The molecule has 7 heteroatoms. The minimum Gasteiger partial charge on any atom is -0.382 e. The molecule has 0 atom stereocenters. The van der Waals surface area contributed by atoms with E-state index in [9.17, 15) is 4.79 Å². The van der Waals surface area contributed by atoms with Gasteiger partial charge in [-0.3, -0.25) is 9.36 Å². The lowest BCUT2D eigenvalue weighted by molar-refractivity contribution is 0.0228. The van der Waals surface area contributed by atoms with Crippen LogP contribution in [0, 0.1) is 0 Å². The van der Waals surface area contributed by atoms with Crippen LogP contribution in [-0.4, -0.2) is 49.7 Å². The van der Waals surface area contributed by atoms with Gasteiger partial charge in [0.05, 0.1) is 45.9 Å². The predicted octanol–water partition coefficient (Wildman–Crippen LogP) is 0.685. The van der Waals surface area contributed by atoms with Gasteiger partial charge in [-0.1, -0.05) is 0 Å². The third-order valence-corrected chi connectivity index (χ3v) is 2.68. The van der Waals surface area contributed by atoms with Crippen molar-refractivity contribution in [2.75, 3.05) is 40.1 Å². The van der Waals surface area contributed by atoms with Gasteiger partial charge in [-0.05, 0) is 15.9 Å². The van der Waals surface area contributed by atoms with Crippen LogP contribution in [-0.2, 0) is 20.8 Å². The van der Waals surface area contributed by atoms with Crippen molar-refractivity contribution < 1.29 is 14.2 Å². The van der Waals surface area contributed by atoms with E-state index in [4.69, 9.17) is 14.2 Å². The Balaban J connectivity index is 2.11. The molecule has 0 amide bonds. The zero-order chi connectivity index (χ0) is 13.2. The Morgan fingerprint density at radius 1 is 1.22 bits per heavy atom. The molecule has 0 aliphatic carbocycles. The fourth-order valence-electron chi connectivity index (χ4n) is 1.21. The first-order valence-electron chi connectivity index (χ1n) is 5.60. The van der Waals surface area contributed by atoms with E-state index in [1.807, 2.05) is 0 Å². The van der Waals surface area contributed by atoms with Crippen molar-refractivity contribution in [3.05, 3.63) is 27.4 Å². The number of halogens is 1. The van der Waals surface area contributed by atoms with Crippen molar-refractivity contribution in [3.8, 4) is 0 Å². The monoisotopic (exact) mass is 320 g/mol. The molecule has 0 aliphatic heterocycles. The van der Waals surface area contributed by atoms with E-state index < -0.39 is 0 Å². The van der Waals surface area contributed by atoms with Gasteiger partial charge in [-0.25, -0.2) is 4.98 Å². The molecule has 18 heavy (non-hydrogen) atoms. The highest BCUT2D eigenvalue weighted by atomic mass is 79.9. The summed E-state index contributed by atoms with van der Waals surface area (Å²) in [5.74, 6) is 0. The Kier molecular flexibility index (Phi) is 7.83. The van der Waals surface area contributed by atoms with Crippen molar-refractivity contribution in [3.63, 3.8) is 0 Å². The number of hydrogen-bond donors (Lipinski definition) is 0. The summed E-state index contributed by atoms with van der Waals surface area (Å²) < 4.78 is 17.4. The minimum absolute atomic E-state index is 0.107. The average molecular weight is 321 g/mol. The Morgan fingerprint density at radius 3 is 2.61 bits per heavy atom. The summed E-state index contributed by atoms with van der Waals surface area (Å²) in [5, 5.41) is 0. The fourth-order valence-corrected chi connectivity index (χ4v) is 1.56. The van der Waals surface area contributed by atoms with E-state index >= 15 is 0 Å². The van der Waals surface area contributed by atoms with Gasteiger partial charge in [0.15, 0.2) is 0 Å². The largest absolute Gasteiger partial charge is 0.382 e. The number of hydrogen-bond acceptors (Lipinski definition) is 5. The first-order chi connectivity index (χ1) is 8.75. The first kappa shape index (κ1) is 15.3. The van der Waals surface area contributed by atoms with Crippen molar-refractivity contribution >= 4 is 15.9 Å². The van der Waals surface area contributed by atoms with Crippen LogP contribution >= 0.6 is 15.9 Å². The number of nitrogens with zero attached hydrogens (tertiary/aromatic N) is 2. The van der Waals surface area contributed by atoms with Gasteiger partial charge in [0.2, 0.25) is 0 Å². The molecule has 0 bridgehead atoms. The predicted molar refractivity (Wildman–Crippen MR) is 69.7 cm³/mol. The zero-order valence-corrected chi connectivity index (χ0v) is 11.9. The van der Waals surface area contributed by atoms with E-state index in [0.29, 0.717) is 44.1 Å². The van der Waals surface area contributed by atoms with Gasteiger partial charge < -0.3 is 14.2 Å². The molecule has 6 nitrogen and oxygen atoms in total. The number of methoxy groups -OCH3 is 1. The second-order valence-electron chi connectivity index (χ2n) is 3.46. The summed E-state index contributed by atoms with van der Waals surface area (Å²) in [6.45, 7) is 3.10. The van der Waals surface area contributed by atoms with Crippen LogP contribution < -0.4 is 5.56 Å². The quantitative estimate of drug-likeness (QED) is 0.626. The molecule has 1 heterocycles. The van der Waals surface area contributed by atoms with Gasteiger partial charge in [-0.15, -0.1) is 0 Å². The first-order valence-corrected chi connectivity index (χ1v) is 6.39. The van der Waals surface area contributed by atoms with Crippen LogP contribution in [0.3, 0.4) is 0 Å². The number of ether oxygens (including phenoxy) is 3. The van der Waals surface area contributed by atoms with Crippen LogP contribution in [0.5, 0.6) is 0 Å². The summed E-state index contributed by atoms with van der Waals surface area (Å²) in [4.78, 5) is 15.5. The molecule has 1 rings (SSSR count). The van der Waals surface area contributed by atoms with E-state index in [1.165, 1.54) is 17.1 Å². The molecule has 102 valence electrons. The molecular formula is C11H17BrN2O4. The highest BCUT2D eigenvalue weighted by Gasteiger charge is 2.00. The van der Waals surface area contributed by atoms with Crippen LogP contribution in [0.25, 0.3) is 0 Å². The Hall–Kier alpha value is -0.760. The van der Waals surface area contributed by atoms with E-state index in [1.54, 1.807) is 7.11 Å². The molecule has 1 aromatic rings. The molecule has 0 aromatic carbocycles. The maximum Gasteiger partial charge on any atom is 0.267 e. The SMILES string of the molecule is COCCOCCOCCn1cncc(Br)c1=O.